The van der Waals surface area contributed by atoms with Crippen molar-refractivity contribution >= 4 is 21.6 Å². The fraction of sp³-hybridized carbons (Fsp3) is 0.188. The second-order valence-corrected chi connectivity index (χ2v) is 5.14. The molecule has 0 fully saturated rings. The van der Waals surface area contributed by atoms with Gasteiger partial charge >= 0.3 is 0 Å². The van der Waals surface area contributed by atoms with Gasteiger partial charge in [0.15, 0.2) is 11.5 Å². The van der Waals surface area contributed by atoms with Crippen LogP contribution in [0.3, 0.4) is 0 Å². The molecule has 0 spiro atoms. The van der Waals surface area contributed by atoms with Gasteiger partial charge in [0.05, 0.1) is 18.4 Å². The molecular formula is C16H15BrN2O2. The summed E-state index contributed by atoms with van der Waals surface area (Å²) < 4.78 is 11.8. The van der Waals surface area contributed by atoms with Crippen LogP contribution in [0.4, 0.5) is 5.69 Å². The number of methoxy groups -OCH3 is 1. The third kappa shape index (κ3) is 4.14. The van der Waals surface area contributed by atoms with E-state index in [4.69, 9.17) is 14.7 Å². The highest BCUT2D eigenvalue weighted by Crippen LogP contribution is 2.25. The molecule has 0 amide bonds. The number of hydrogen-bond donors (Lipinski definition) is 1. The van der Waals surface area contributed by atoms with Gasteiger partial charge in [-0.2, -0.15) is 5.26 Å². The van der Waals surface area contributed by atoms with Gasteiger partial charge in [0.2, 0.25) is 0 Å². The van der Waals surface area contributed by atoms with E-state index in [2.05, 4.69) is 27.3 Å². The molecule has 2 aromatic carbocycles. The summed E-state index contributed by atoms with van der Waals surface area (Å²) in [6.07, 6.45) is 0. The number of hydrogen-bond acceptors (Lipinski definition) is 4. The molecule has 0 heterocycles. The fourth-order valence-corrected chi connectivity index (χ4v) is 2.21. The molecule has 5 heteroatoms. The largest absolute Gasteiger partial charge is 0.493 e. The van der Waals surface area contributed by atoms with E-state index >= 15 is 0 Å². The maximum absolute atomic E-state index is 9.09. The first-order valence-electron chi connectivity index (χ1n) is 6.44. The Labute approximate surface area is 132 Å². The van der Waals surface area contributed by atoms with Gasteiger partial charge in [-0.05, 0) is 30.3 Å². The fourth-order valence-electron chi connectivity index (χ4n) is 1.85. The van der Waals surface area contributed by atoms with Gasteiger partial charge in [0, 0.05) is 11.0 Å². The Hall–Kier alpha value is -2.19. The zero-order valence-electron chi connectivity index (χ0n) is 11.6. The van der Waals surface area contributed by atoms with Gasteiger partial charge in [-0.1, -0.05) is 28.1 Å². The molecule has 0 aromatic heterocycles. The van der Waals surface area contributed by atoms with E-state index in [1.54, 1.807) is 13.2 Å². The minimum Gasteiger partial charge on any atom is -0.493 e. The van der Waals surface area contributed by atoms with Crippen LogP contribution in [0.1, 0.15) is 5.56 Å². The highest BCUT2D eigenvalue weighted by molar-refractivity contribution is 9.10. The highest BCUT2D eigenvalue weighted by atomic mass is 79.9. The van der Waals surface area contributed by atoms with E-state index in [9.17, 15) is 0 Å². The first kappa shape index (κ1) is 15.2. The molecule has 108 valence electrons. The number of nitriles is 1. The van der Waals surface area contributed by atoms with Gasteiger partial charge < -0.3 is 14.8 Å². The monoisotopic (exact) mass is 346 g/mol. The van der Waals surface area contributed by atoms with Gasteiger partial charge in [0.25, 0.3) is 0 Å². The van der Waals surface area contributed by atoms with Gasteiger partial charge in [-0.15, -0.1) is 0 Å². The van der Waals surface area contributed by atoms with Crippen LogP contribution in [-0.2, 0) is 0 Å². The highest BCUT2D eigenvalue weighted by Gasteiger charge is 2.04. The summed E-state index contributed by atoms with van der Waals surface area (Å²) in [5.74, 6) is 1.41. The predicted octanol–water partition coefficient (Wildman–Crippen LogP) is 3.82. The topological polar surface area (TPSA) is 54.3 Å². The van der Waals surface area contributed by atoms with Crippen molar-refractivity contribution in [1.29, 1.82) is 5.26 Å². The van der Waals surface area contributed by atoms with Crippen molar-refractivity contribution < 1.29 is 9.47 Å². The molecular weight excluding hydrogens is 332 g/mol. The summed E-state index contributed by atoms with van der Waals surface area (Å²) in [6, 6.07) is 15.2. The lowest BCUT2D eigenvalue weighted by atomic mass is 10.2. The summed E-state index contributed by atoms with van der Waals surface area (Å²) in [5, 5.41) is 12.3. The molecule has 0 aliphatic carbocycles. The van der Waals surface area contributed by atoms with E-state index in [0.717, 1.165) is 10.2 Å². The molecule has 0 radical (unpaired) electrons. The first-order valence-corrected chi connectivity index (χ1v) is 7.23. The Morgan fingerprint density at radius 1 is 1.19 bits per heavy atom. The van der Waals surface area contributed by atoms with Crippen molar-refractivity contribution in [2.75, 3.05) is 25.6 Å². The molecule has 0 aliphatic rings. The SMILES string of the molecule is COc1ccccc1OCCNc1ccc(Br)cc1C#N. The Morgan fingerprint density at radius 3 is 2.67 bits per heavy atom. The second kappa shape index (κ2) is 7.55. The summed E-state index contributed by atoms with van der Waals surface area (Å²) >= 11 is 3.35. The summed E-state index contributed by atoms with van der Waals surface area (Å²) in [5.41, 5.74) is 1.39. The molecule has 0 saturated carbocycles. The summed E-state index contributed by atoms with van der Waals surface area (Å²) in [4.78, 5) is 0. The molecule has 4 nitrogen and oxygen atoms in total. The van der Waals surface area contributed by atoms with E-state index < -0.39 is 0 Å². The van der Waals surface area contributed by atoms with Crippen LogP contribution < -0.4 is 14.8 Å². The standard InChI is InChI=1S/C16H15BrN2O2/c1-20-15-4-2-3-5-16(15)21-9-8-19-14-7-6-13(17)10-12(14)11-18/h2-7,10,19H,8-9H2,1H3. The van der Waals surface area contributed by atoms with E-state index in [1.807, 2.05) is 36.4 Å². The van der Waals surface area contributed by atoms with Crippen LogP contribution in [0.15, 0.2) is 46.9 Å². The van der Waals surface area contributed by atoms with E-state index in [1.165, 1.54) is 0 Å². The third-order valence-electron chi connectivity index (χ3n) is 2.85. The third-order valence-corrected chi connectivity index (χ3v) is 3.34. The van der Waals surface area contributed by atoms with Crippen molar-refractivity contribution in [1.82, 2.24) is 0 Å². The maximum Gasteiger partial charge on any atom is 0.161 e. The molecule has 0 unspecified atom stereocenters. The Bertz CT molecular complexity index is 653. The molecule has 0 aliphatic heterocycles. The average Bonchev–Trinajstić information content (AvgIpc) is 2.52. The molecule has 0 atom stereocenters. The Balaban J connectivity index is 1.89. The molecule has 1 N–H and O–H groups in total. The van der Waals surface area contributed by atoms with Crippen molar-refractivity contribution in [3.05, 3.63) is 52.5 Å². The average molecular weight is 347 g/mol. The van der Waals surface area contributed by atoms with Gasteiger partial charge in [-0.3, -0.25) is 0 Å². The molecule has 2 aromatic rings. The van der Waals surface area contributed by atoms with Gasteiger partial charge in [0.1, 0.15) is 12.7 Å². The number of nitrogens with one attached hydrogen (secondary N) is 1. The normalized spacial score (nSPS) is 9.76. The first-order chi connectivity index (χ1) is 10.2. The molecule has 0 saturated heterocycles. The van der Waals surface area contributed by atoms with Crippen molar-refractivity contribution in [2.24, 2.45) is 0 Å². The lowest BCUT2D eigenvalue weighted by Gasteiger charge is -2.12. The second-order valence-electron chi connectivity index (χ2n) is 4.23. The molecule has 0 bridgehead atoms. The van der Waals surface area contributed by atoms with Crippen molar-refractivity contribution in [2.45, 2.75) is 0 Å². The zero-order valence-corrected chi connectivity index (χ0v) is 13.2. The van der Waals surface area contributed by atoms with E-state index in [-0.39, 0.29) is 0 Å². The number of halogens is 1. The number of para-hydroxylation sites is 2. The lowest BCUT2D eigenvalue weighted by Crippen LogP contribution is -2.12. The van der Waals surface area contributed by atoms with Crippen LogP contribution in [0.25, 0.3) is 0 Å². The summed E-state index contributed by atoms with van der Waals surface area (Å²) in [7, 11) is 1.61. The van der Waals surface area contributed by atoms with Crippen LogP contribution in [0, 0.1) is 11.3 Å². The number of nitrogens with zero attached hydrogens (tertiary/aromatic N) is 1. The lowest BCUT2D eigenvalue weighted by molar-refractivity contribution is 0.306. The number of anilines is 1. The van der Waals surface area contributed by atoms with Crippen LogP contribution in [0.2, 0.25) is 0 Å². The number of ether oxygens (including phenoxy) is 2. The summed E-state index contributed by atoms with van der Waals surface area (Å²) in [6.45, 7) is 1.07. The minimum atomic E-state index is 0.474. The minimum absolute atomic E-state index is 0.474. The Kier molecular flexibility index (Phi) is 5.47. The predicted molar refractivity (Wildman–Crippen MR) is 85.8 cm³/mol. The smallest absolute Gasteiger partial charge is 0.161 e. The van der Waals surface area contributed by atoms with Gasteiger partial charge in [-0.25, -0.2) is 0 Å². The molecule has 21 heavy (non-hydrogen) atoms. The molecule has 2 rings (SSSR count). The number of rotatable bonds is 6. The van der Waals surface area contributed by atoms with Crippen LogP contribution in [0.5, 0.6) is 11.5 Å². The zero-order chi connectivity index (χ0) is 15.1. The number of benzene rings is 2. The quantitative estimate of drug-likeness (QED) is 0.807. The maximum atomic E-state index is 9.09. The Morgan fingerprint density at radius 2 is 1.95 bits per heavy atom. The van der Waals surface area contributed by atoms with Crippen molar-refractivity contribution in [3.63, 3.8) is 0 Å². The van der Waals surface area contributed by atoms with Crippen LogP contribution in [-0.4, -0.2) is 20.3 Å². The van der Waals surface area contributed by atoms with Crippen molar-refractivity contribution in [3.8, 4) is 17.6 Å². The van der Waals surface area contributed by atoms with Crippen LogP contribution >= 0.6 is 15.9 Å². The van der Waals surface area contributed by atoms with E-state index in [0.29, 0.717) is 30.2 Å².